The van der Waals surface area contributed by atoms with Gasteiger partial charge in [-0.15, -0.1) is 0 Å². The Balaban J connectivity index is 2.41. The van der Waals surface area contributed by atoms with E-state index in [1.807, 2.05) is 6.07 Å². The van der Waals surface area contributed by atoms with E-state index in [4.69, 9.17) is 16.7 Å². The van der Waals surface area contributed by atoms with Crippen LogP contribution in [-0.2, 0) is 0 Å². The number of nitriles is 1. The lowest BCUT2D eigenvalue weighted by Gasteiger charge is -2.10. The Labute approximate surface area is 109 Å². The fourth-order valence-corrected chi connectivity index (χ4v) is 1.52. The molecule has 1 aromatic carbocycles. The van der Waals surface area contributed by atoms with E-state index < -0.39 is 5.91 Å². The van der Waals surface area contributed by atoms with Crippen molar-refractivity contribution in [3.05, 3.63) is 47.7 Å². The number of carbonyl (C=O) groups excluding carboxylic acids is 1. The molecule has 0 saturated heterocycles. The largest absolute Gasteiger partial charge is 0.396 e. The maximum absolute atomic E-state index is 11.1. The van der Waals surface area contributed by atoms with Crippen LogP contribution in [0.4, 0.5) is 17.2 Å². The highest BCUT2D eigenvalue weighted by atomic mass is 16.1. The number of anilines is 3. The van der Waals surface area contributed by atoms with Crippen LogP contribution >= 0.6 is 0 Å². The quantitative estimate of drug-likeness (QED) is 0.763. The molecule has 2 aromatic rings. The lowest BCUT2D eigenvalue weighted by Crippen LogP contribution is -2.14. The van der Waals surface area contributed by atoms with Gasteiger partial charge >= 0.3 is 0 Å². The van der Waals surface area contributed by atoms with Gasteiger partial charge in [0, 0.05) is 0 Å². The first-order valence-electron chi connectivity index (χ1n) is 5.44. The molecule has 0 fully saturated rings. The predicted octanol–water partition coefficient (Wildman–Crippen LogP) is 1.38. The van der Waals surface area contributed by atoms with Gasteiger partial charge in [-0.05, 0) is 24.3 Å². The Morgan fingerprint density at radius 1 is 1.26 bits per heavy atom. The molecule has 5 N–H and O–H groups in total. The molecule has 0 atom stereocenters. The Bertz CT molecular complexity index is 675. The normalized spacial score (nSPS) is 9.63. The second-order valence-electron chi connectivity index (χ2n) is 3.78. The van der Waals surface area contributed by atoms with E-state index in [2.05, 4.69) is 10.3 Å². The van der Waals surface area contributed by atoms with Crippen LogP contribution in [0.15, 0.2) is 36.4 Å². The number of amides is 1. The molecule has 0 unspecified atom stereocenters. The van der Waals surface area contributed by atoms with E-state index >= 15 is 0 Å². The predicted molar refractivity (Wildman–Crippen MR) is 71.6 cm³/mol. The zero-order chi connectivity index (χ0) is 13.8. The lowest BCUT2D eigenvalue weighted by atomic mass is 10.2. The maximum atomic E-state index is 11.1. The number of carbonyl (C=O) groups is 1. The molecular weight excluding hydrogens is 242 g/mol. The number of primary amides is 1. The standard InChI is InChI=1S/C13H11N5O/c14-7-8-3-1-2-4-10(8)17-13-9(15)5-6-11(18-13)12(16)19/h1-6H,15H2,(H2,16,19)(H,17,18). The topological polar surface area (TPSA) is 118 Å². The molecule has 6 heteroatoms. The third-order valence-corrected chi connectivity index (χ3v) is 2.48. The number of para-hydroxylation sites is 1. The summed E-state index contributed by atoms with van der Waals surface area (Å²) in [5.41, 5.74) is 12.4. The Morgan fingerprint density at radius 2 is 2.00 bits per heavy atom. The van der Waals surface area contributed by atoms with Crippen LogP contribution in [0.25, 0.3) is 0 Å². The number of nitrogens with two attached hydrogens (primary N) is 2. The van der Waals surface area contributed by atoms with Gasteiger partial charge in [-0.2, -0.15) is 5.26 Å². The average molecular weight is 253 g/mol. The summed E-state index contributed by atoms with van der Waals surface area (Å²) in [7, 11) is 0. The Kier molecular flexibility index (Phi) is 3.30. The van der Waals surface area contributed by atoms with Crippen LogP contribution in [0.5, 0.6) is 0 Å². The lowest BCUT2D eigenvalue weighted by molar-refractivity contribution is 0.0996. The van der Waals surface area contributed by atoms with Gasteiger partial charge in [0.15, 0.2) is 5.82 Å². The van der Waals surface area contributed by atoms with Gasteiger partial charge in [0.05, 0.1) is 16.9 Å². The Hall–Kier alpha value is -3.07. The van der Waals surface area contributed by atoms with Crippen LogP contribution in [-0.4, -0.2) is 10.9 Å². The zero-order valence-corrected chi connectivity index (χ0v) is 9.92. The van der Waals surface area contributed by atoms with Crippen molar-refractivity contribution in [3.63, 3.8) is 0 Å². The fraction of sp³-hybridized carbons (Fsp3) is 0. The van der Waals surface area contributed by atoms with Crippen LogP contribution < -0.4 is 16.8 Å². The molecule has 1 heterocycles. The van der Waals surface area contributed by atoms with Gasteiger partial charge in [-0.1, -0.05) is 12.1 Å². The van der Waals surface area contributed by atoms with Crippen molar-refractivity contribution in [2.24, 2.45) is 5.73 Å². The second-order valence-corrected chi connectivity index (χ2v) is 3.78. The molecule has 1 aromatic heterocycles. The van der Waals surface area contributed by atoms with E-state index in [1.165, 1.54) is 12.1 Å². The highest BCUT2D eigenvalue weighted by molar-refractivity contribution is 5.92. The van der Waals surface area contributed by atoms with Gasteiger partial charge in [-0.25, -0.2) is 4.98 Å². The first-order valence-corrected chi connectivity index (χ1v) is 5.44. The molecule has 0 aliphatic rings. The monoisotopic (exact) mass is 253 g/mol. The van der Waals surface area contributed by atoms with Crippen LogP contribution in [0.2, 0.25) is 0 Å². The minimum Gasteiger partial charge on any atom is -0.396 e. The van der Waals surface area contributed by atoms with E-state index in [-0.39, 0.29) is 5.69 Å². The van der Waals surface area contributed by atoms with E-state index in [0.717, 1.165) is 0 Å². The molecule has 0 aliphatic carbocycles. The molecule has 0 radical (unpaired) electrons. The van der Waals surface area contributed by atoms with Crippen molar-refractivity contribution in [1.82, 2.24) is 4.98 Å². The number of rotatable bonds is 3. The Morgan fingerprint density at radius 3 is 2.68 bits per heavy atom. The van der Waals surface area contributed by atoms with Crippen molar-refractivity contribution >= 4 is 23.1 Å². The van der Waals surface area contributed by atoms with E-state index in [0.29, 0.717) is 22.8 Å². The number of nitrogen functional groups attached to an aromatic ring is 1. The third kappa shape index (κ3) is 2.61. The number of hydrogen-bond acceptors (Lipinski definition) is 5. The molecule has 1 amide bonds. The van der Waals surface area contributed by atoms with Crippen LogP contribution in [0.3, 0.4) is 0 Å². The van der Waals surface area contributed by atoms with Crippen molar-refractivity contribution in [2.45, 2.75) is 0 Å². The number of nitrogens with zero attached hydrogens (tertiary/aromatic N) is 2. The summed E-state index contributed by atoms with van der Waals surface area (Å²) in [6.45, 7) is 0. The minimum atomic E-state index is -0.642. The molecule has 19 heavy (non-hydrogen) atoms. The molecule has 94 valence electrons. The number of hydrogen-bond donors (Lipinski definition) is 3. The average Bonchev–Trinajstić information content (AvgIpc) is 2.41. The van der Waals surface area contributed by atoms with Crippen LogP contribution in [0, 0.1) is 11.3 Å². The summed E-state index contributed by atoms with van der Waals surface area (Å²) in [4.78, 5) is 15.1. The van der Waals surface area contributed by atoms with Crippen LogP contribution in [0.1, 0.15) is 16.1 Å². The summed E-state index contributed by atoms with van der Waals surface area (Å²) >= 11 is 0. The summed E-state index contributed by atoms with van der Waals surface area (Å²) in [6, 6.07) is 11.9. The first-order chi connectivity index (χ1) is 9.11. The summed E-state index contributed by atoms with van der Waals surface area (Å²) in [5, 5.41) is 11.9. The molecule has 0 aliphatic heterocycles. The zero-order valence-electron chi connectivity index (χ0n) is 9.92. The van der Waals surface area contributed by atoms with Gasteiger partial charge < -0.3 is 16.8 Å². The fourth-order valence-electron chi connectivity index (χ4n) is 1.52. The van der Waals surface area contributed by atoms with E-state index in [1.54, 1.807) is 24.3 Å². The van der Waals surface area contributed by atoms with Gasteiger partial charge in [0.2, 0.25) is 0 Å². The number of pyridine rings is 1. The number of benzene rings is 1. The van der Waals surface area contributed by atoms with Gasteiger partial charge in [0.1, 0.15) is 11.8 Å². The molecular formula is C13H11N5O. The molecule has 0 spiro atoms. The van der Waals surface area contributed by atoms with Gasteiger partial charge in [-0.3, -0.25) is 4.79 Å². The number of aromatic nitrogens is 1. The van der Waals surface area contributed by atoms with Gasteiger partial charge in [0.25, 0.3) is 5.91 Å². The SMILES string of the molecule is N#Cc1ccccc1Nc1nc(C(N)=O)ccc1N. The summed E-state index contributed by atoms with van der Waals surface area (Å²) < 4.78 is 0. The van der Waals surface area contributed by atoms with Crippen molar-refractivity contribution < 1.29 is 4.79 Å². The van der Waals surface area contributed by atoms with Crippen molar-refractivity contribution in [3.8, 4) is 6.07 Å². The summed E-state index contributed by atoms with van der Waals surface area (Å²) in [6.07, 6.45) is 0. The van der Waals surface area contributed by atoms with Crippen molar-refractivity contribution in [1.29, 1.82) is 5.26 Å². The second kappa shape index (κ2) is 5.06. The number of nitrogens with one attached hydrogen (secondary N) is 1. The highest BCUT2D eigenvalue weighted by Crippen LogP contribution is 2.23. The van der Waals surface area contributed by atoms with Crippen molar-refractivity contribution in [2.75, 3.05) is 11.1 Å². The first kappa shape index (κ1) is 12.4. The molecule has 0 saturated carbocycles. The minimum absolute atomic E-state index is 0.103. The van der Waals surface area contributed by atoms with E-state index in [9.17, 15) is 4.79 Å². The third-order valence-electron chi connectivity index (χ3n) is 2.48. The molecule has 2 rings (SSSR count). The summed E-state index contributed by atoms with van der Waals surface area (Å²) in [5.74, 6) is -0.351. The molecule has 6 nitrogen and oxygen atoms in total. The maximum Gasteiger partial charge on any atom is 0.267 e. The molecule has 0 bridgehead atoms. The smallest absolute Gasteiger partial charge is 0.267 e. The highest BCUT2D eigenvalue weighted by Gasteiger charge is 2.09.